The summed E-state index contributed by atoms with van der Waals surface area (Å²) in [5.74, 6) is -0.0187. The molecule has 3 nitrogen and oxygen atoms in total. The molecular formula is C9H4BrClF3N3. The van der Waals surface area contributed by atoms with E-state index in [0.29, 0.717) is 10.7 Å². The van der Waals surface area contributed by atoms with Crippen molar-refractivity contribution < 1.29 is 13.2 Å². The zero-order valence-corrected chi connectivity index (χ0v) is 10.4. The number of nitrogens with zero attached hydrogens (tertiary/aromatic N) is 2. The van der Waals surface area contributed by atoms with Crippen LogP contribution in [-0.2, 0) is 6.18 Å². The molecule has 0 fully saturated rings. The third-order valence-electron chi connectivity index (χ3n) is 1.91. The summed E-state index contributed by atoms with van der Waals surface area (Å²) in [6, 6.07) is 1.53. The molecule has 0 aliphatic carbocycles. The first-order chi connectivity index (χ1) is 7.88. The first kappa shape index (κ1) is 12.4. The number of H-pyrrole nitrogens is 1. The largest absolute Gasteiger partial charge is 0.432 e. The minimum atomic E-state index is -4.47. The number of rotatable bonds is 1. The summed E-state index contributed by atoms with van der Waals surface area (Å²) in [5, 5.41) is 0.211. The Labute approximate surface area is 107 Å². The normalized spacial score (nSPS) is 11.8. The van der Waals surface area contributed by atoms with Gasteiger partial charge in [0.25, 0.3) is 0 Å². The lowest BCUT2D eigenvalue weighted by Crippen LogP contribution is -2.04. The van der Waals surface area contributed by atoms with Gasteiger partial charge in [-0.3, -0.25) is 4.98 Å². The highest BCUT2D eigenvalue weighted by atomic mass is 79.9. The van der Waals surface area contributed by atoms with E-state index in [2.05, 4.69) is 30.9 Å². The average Bonchev–Trinajstić information content (AvgIpc) is 2.65. The van der Waals surface area contributed by atoms with E-state index in [0.717, 1.165) is 0 Å². The molecule has 0 amide bonds. The van der Waals surface area contributed by atoms with E-state index in [1.165, 1.54) is 12.3 Å². The van der Waals surface area contributed by atoms with E-state index >= 15 is 0 Å². The van der Waals surface area contributed by atoms with Crippen molar-refractivity contribution in [2.24, 2.45) is 0 Å². The van der Waals surface area contributed by atoms with Crippen LogP contribution in [0, 0.1) is 0 Å². The van der Waals surface area contributed by atoms with E-state index in [-0.39, 0.29) is 16.5 Å². The average molecular weight is 327 g/mol. The summed E-state index contributed by atoms with van der Waals surface area (Å²) in [4.78, 5) is 9.64. The Balaban J connectivity index is 2.44. The van der Waals surface area contributed by atoms with Crippen LogP contribution in [0.5, 0.6) is 0 Å². The summed E-state index contributed by atoms with van der Waals surface area (Å²) in [7, 11) is 0. The number of aromatic nitrogens is 3. The summed E-state index contributed by atoms with van der Waals surface area (Å²) < 4.78 is 37.7. The molecule has 0 saturated heterocycles. The highest BCUT2D eigenvalue weighted by Gasteiger charge is 2.33. The molecule has 0 aliphatic heterocycles. The molecule has 0 radical (unpaired) electrons. The third kappa shape index (κ3) is 2.61. The van der Waals surface area contributed by atoms with Crippen LogP contribution < -0.4 is 0 Å². The predicted octanol–water partition coefficient (Wildman–Crippen LogP) is 3.91. The topological polar surface area (TPSA) is 41.6 Å². The molecule has 0 aromatic carbocycles. The Morgan fingerprint density at radius 1 is 1.24 bits per heavy atom. The monoisotopic (exact) mass is 325 g/mol. The molecule has 0 unspecified atom stereocenters. The number of alkyl halides is 3. The van der Waals surface area contributed by atoms with Gasteiger partial charge >= 0.3 is 6.18 Å². The van der Waals surface area contributed by atoms with Gasteiger partial charge in [-0.05, 0) is 22.0 Å². The van der Waals surface area contributed by atoms with E-state index in [1.807, 2.05) is 0 Å². The van der Waals surface area contributed by atoms with Gasteiger partial charge in [-0.25, -0.2) is 4.98 Å². The number of pyridine rings is 1. The minimum Gasteiger partial charge on any atom is -0.333 e. The van der Waals surface area contributed by atoms with Crippen LogP contribution in [0.15, 0.2) is 22.9 Å². The Bertz CT molecular complexity index is 553. The lowest BCUT2D eigenvalue weighted by Gasteiger charge is -2.02. The number of hydrogen-bond acceptors (Lipinski definition) is 2. The number of aromatic amines is 1. The number of imidazole rings is 1. The van der Waals surface area contributed by atoms with Crippen LogP contribution in [0.4, 0.5) is 13.2 Å². The highest BCUT2D eigenvalue weighted by molar-refractivity contribution is 9.10. The molecule has 2 heterocycles. The molecule has 0 bridgehead atoms. The zero-order chi connectivity index (χ0) is 12.6. The van der Waals surface area contributed by atoms with Gasteiger partial charge < -0.3 is 4.98 Å². The lowest BCUT2D eigenvalue weighted by molar-refractivity contribution is -0.140. The first-order valence-electron chi connectivity index (χ1n) is 4.31. The molecule has 2 aromatic rings. The quantitative estimate of drug-likeness (QED) is 0.863. The Morgan fingerprint density at radius 3 is 2.47 bits per heavy atom. The molecule has 2 rings (SSSR count). The molecule has 0 atom stereocenters. The Hall–Kier alpha value is -1.08. The van der Waals surface area contributed by atoms with Crippen LogP contribution in [-0.4, -0.2) is 15.0 Å². The van der Waals surface area contributed by atoms with Gasteiger partial charge in [0.1, 0.15) is 11.4 Å². The van der Waals surface area contributed by atoms with E-state index in [4.69, 9.17) is 11.6 Å². The van der Waals surface area contributed by atoms with Crippen molar-refractivity contribution in [1.29, 1.82) is 0 Å². The van der Waals surface area contributed by atoms with Crippen LogP contribution in [0.2, 0.25) is 5.02 Å². The van der Waals surface area contributed by atoms with Gasteiger partial charge in [0.2, 0.25) is 0 Å². The van der Waals surface area contributed by atoms with Crippen molar-refractivity contribution in [2.45, 2.75) is 6.18 Å². The van der Waals surface area contributed by atoms with Crippen LogP contribution in [0.3, 0.4) is 0 Å². The summed E-state index contributed by atoms with van der Waals surface area (Å²) in [5.41, 5.74) is -0.765. The van der Waals surface area contributed by atoms with E-state index < -0.39 is 11.9 Å². The van der Waals surface area contributed by atoms with Crippen molar-refractivity contribution in [2.75, 3.05) is 0 Å². The molecule has 0 aliphatic rings. The van der Waals surface area contributed by atoms with Crippen molar-refractivity contribution in [3.05, 3.63) is 33.6 Å². The zero-order valence-electron chi connectivity index (χ0n) is 8.02. The second-order valence-electron chi connectivity index (χ2n) is 3.13. The Morgan fingerprint density at radius 2 is 1.94 bits per heavy atom. The molecule has 0 spiro atoms. The highest BCUT2D eigenvalue weighted by Crippen LogP contribution is 2.31. The first-order valence-corrected chi connectivity index (χ1v) is 5.48. The number of nitrogens with one attached hydrogen (secondary N) is 1. The predicted molar refractivity (Wildman–Crippen MR) is 59.5 cm³/mol. The van der Waals surface area contributed by atoms with Gasteiger partial charge in [-0.2, -0.15) is 13.2 Å². The second-order valence-corrected chi connectivity index (χ2v) is 4.45. The molecular weight excluding hydrogens is 322 g/mol. The van der Waals surface area contributed by atoms with Gasteiger partial charge in [0.15, 0.2) is 5.82 Å². The SMILES string of the molecule is FC(F)(F)c1cnc(-c2ncc(Br)cc2Cl)[nH]1. The molecule has 8 heteroatoms. The smallest absolute Gasteiger partial charge is 0.333 e. The maximum atomic E-state index is 12.3. The van der Waals surface area contributed by atoms with Crippen LogP contribution in [0.1, 0.15) is 5.69 Å². The van der Waals surface area contributed by atoms with E-state index in [9.17, 15) is 13.2 Å². The van der Waals surface area contributed by atoms with Crippen molar-refractivity contribution in [1.82, 2.24) is 15.0 Å². The van der Waals surface area contributed by atoms with Gasteiger partial charge in [-0.15, -0.1) is 0 Å². The van der Waals surface area contributed by atoms with Gasteiger partial charge in [0.05, 0.1) is 11.2 Å². The fourth-order valence-electron chi connectivity index (χ4n) is 1.17. The summed E-state index contributed by atoms with van der Waals surface area (Å²) >= 11 is 9.00. The fraction of sp³-hybridized carbons (Fsp3) is 0.111. The lowest BCUT2D eigenvalue weighted by atomic mass is 10.3. The number of halogens is 5. The Kier molecular flexibility index (Phi) is 3.13. The van der Waals surface area contributed by atoms with Crippen molar-refractivity contribution in [3.63, 3.8) is 0 Å². The van der Waals surface area contributed by atoms with Crippen LogP contribution in [0.25, 0.3) is 11.5 Å². The maximum absolute atomic E-state index is 12.3. The molecule has 17 heavy (non-hydrogen) atoms. The molecule has 90 valence electrons. The second kappa shape index (κ2) is 4.30. The van der Waals surface area contributed by atoms with E-state index in [1.54, 1.807) is 0 Å². The fourth-order valence-corrected chi connectivity index (χ4v) is 1.89. The molecule has 1 N–H and O–H groups in total. The van der Waals surface area contributed by atoms with Gasteiger partial charge in [0, 0.05) is 10.7 Å². The van der Waals surface area contributed by atoms with Gasteiger partial charge in [-0.1, -0.05) is 11.6 Å². The molecule has 0 saturated carbocycles. The maximum Gasteiger partial charge on any atom is 0.432 e. The summed E-state index contributed by atoms with van der Waals surface area (Å²) in [6.45, 7) is 0. The minimum absolute atomic E-state index is 0.0187. The van der Waals surface area contributed by atoms with Crippen LogP contribution >= 0.6 is 27.5 Å². The summed E-state index contributed by atoms with van der Waals surface area (Å²) in [6.07, 6.45) is -2.33. The van der Waals surface area contributed by atoms with Crippen molar-refractivity contribution in [3.8, 4) is 11.5 Å². The number of hydrogen-bond donors (Lipinski definition) is 1. The van der Waals surface area contributed by atoms with Crippen molar-refractivity contribution >= 4 is 27.5 Å². The third-order valence-corrected chi connectivity index (χ3v) is 2.64. The standard InChI is InChI=1S/C9H4BrClF3N3/c10-4-1-5(11)7(15-2-4)8-16-3-6(17-8)9(12,13)14/h1-3H,(H,16,17). The molecule has 2 aromatic heterocycles.